The Hall–Kier alpha value is -2.04. The fourth-order valence-electron chi connectivity index (χ4n) is 0.980. The Morgan fingerprint density at radius 3 is 2.60 bits per heavy atom. The minimum atomic E-state index is -0.789. The lowest BCUT2D eigenvalue weighted by molar-refractivity contribution is 0.0936. The number of rotatable bonds is 2. The van der Waals surface area contributed by atoms with Crippen LogP contribution in [0.5, 0.6) is 5.75 Å². The molecule has 1 N–H and O–H groups in total. The van der Waals surface area contributed by atoms with Crippen LogP contribution in [0.25, 0.3) is 0 Å². The molecule has 0 bridgehead atoms. The molecule has 0 aromatic heterocycles. The molecule has 0 aliphatic rings. The molecule has 0 spiro atoms. The lowest BCUT2D eigenvalue weighted by atomic mass is 10.2. The quantitative estimate of drug-likeness (QED) is 0.794. The van der Waals surface area contributed by atoms with Gasteiger partial charge in [0, 0.05) is 5.56 Å². The predicted molar refractivity (Wildman–Crippen MR) is 52.9 cm³/mol. The Labute approximate surface area is 87.0 Å². The number of imide groups is 1. The molecular formula is C10H11NO4. The number of benzene rings is 1. The molecule has 0 aliphatic heterocycles. The summed E-state index contributed by atoms with van der Waals surface area (Å²) in [5.74, 6) is 0.0215. The number of hydrogen-bond donors (Lipinski definition) is 1. The molecule has 5 heteroatoms. The molecule has 0 fully saturated rings. The van der Waals surface area contributed by atoms with Crippen LogP contribution in [0.2, 0.25) is 0 Å². The molecule has 0 atom stereocenters. The summed E-state index contributed by atoms with van der Waals surface area (Å²) in [5, 5.41) is 2.04. The van der Waals surface area contributed by atoms with E-state index in [2.05, 4.69) is 4.74 Å². The molecule has 1 rings (SSSR count). The predicted octanol–water partition coefficient (Wildman–Crippen LogP) is 1.19. The van der Waals surface area contributed by atoms with Gasteiger partial charge in [-0.3, -0.25) is 10.1 Å². The van der Waals surface area contributed by atoms with E-state index in [0.29, 0.717) is 11.3 Å². The summed E-state index contributed by atoms with van der Waals surface area (Å²) >= 11 is 0. The van der Waals surface area contributed by atoms with Gasteiger partial charge < -0.3 is 9.47 Å². The van der Waals surface area contributed by atoms with Crippen molar-refractivity contribution >= 4 is 12.0 Å². The van der Waals surface area contributed by atoms with Crippen LogP contribution in [-0.4, -0.2) is 26.2 Å². The molecule has 1 aromatic rings. The van der Waals surface area contributed by atoms with E-state index >= 15 is 0 Å². The molecule has 5 nitrogen and oxygen atoms in total. The molecule has 0 saturated carbocycles. The van der Waals surface area contributed by atoms with Crippen molar-refractivity contribution in [3.05, 3.63) is 29.8 Å². The first kappa shape index (κ1) is 11.0. The molecule has 2 amide bonds. The number of methoxy groups -OCH3 is 2. The highest BCUT2D eigenvalue weighted by Crippen LogP contribution is 2.12. The Morgan fingerprint density at radius 1 is 1.27 bits per heavy atom. The van der Waals surface area contributed by atoms with Gasteiger partial charge in [0.2, 0.25) is 0 Å². The summed E-state index contributed by atoms with van der Waals surface area (Å²) in [5.41, 5.74) is 0.333. The number of amides is 2. The minimum Gasteiger partial charge on any atom is -0.497 e. The molecule has 0 heterocycles. The van der Waals surface area contributed by atoms with Crippen molar-refractivity contribution in [2.24, 2.45) is 0 Å². The smallest absolute Gasteiger partial charge is 0.413 e. The maximum atomic E-state index is 11.4. The number of alkyl carbamates (subject to hydrolysis) is 1. The lowest BCUT2D eigenvalue weighted by Crippen LogP contribution is -2.30. The SMILES string of the molecule is COC(=O)NC(=O)c1cccc(OC)c1. The topological polar surface area (TPSA) is 64.6 Å². The van der Waals surface area contributed by atoms with E-state index in [9.17, 15) is 9.59 Å². The van der Waals surface area contributed by atoms with Gasteiger partial charge in [-0.15, -0.1) is 0 Å². The average Bonchev–Trinajstić information content (AvgIpc) is 2.28. The van der Waals surface area contributed by atoms with Gasteiger partial charge >= 0.3 is 6.09 Å². The van der Waals surface area contributed by atoms with E-state index in [1.165, 1.54) is 20.3 Å². The maximum absolute atomic E-state index is 11.4. The lowest BCUT2D eigenvalue weighted by Gasteiger charge is -2.04. The first-order valence-electron chi connectivity index (χ1n) is 4.20. The van der Waals surface area contributed by atoms with Crippen molar-refractivity contribution in [3.63, 3.8) is 0 Å². The van der Waals surface area contributed by atoms with E-state index in [-0.39, 0.29) is 0 Å². The normalized spacial score (nSPS) is 9.20. The average molecular weight is 209 g/mol. The van der Waals surface area contributed by atoms with Gasteiger partial charge in [0.1, 0.15) is 5.75 Å². The highest BCUT2D eigenvalue weighted by Gasteiger charge is 2.10. The second kappa shape index (κ2) is 4.99. The van der Waals surface area contributed by atoms with Crippen LogP contribution in [0.1, 0.15) is 10.4 Å². The molecule has 0 saturated heterocycles. The molecule has 0 aliphatic carbocycles. The Kier molecular flexibility index (Phi) is 3.68. The highest BCUT2D eigenvalue weighted by molar-refractivity contribution is 6.03. The summed E-state index contributed by atoms with van der Waals surface area (Å²) in [7, 11) is 2.69. The molecule has 80 valence electrons. The largest absolute Gasteiger partial charge is 0.497 e. The van der Waals surface area contributed by atoms with E-state index in [0.717, 1.165) is 0 Å². The number of ether oxygens (including phenoxy) is 2. The number of hydrogen-bond acceptors (Lipinski definition) is 4. The fourth-order valence-corrected chi connectivity index (χ4v) is 0.980. The van der Waals surface area contributed by atoms with Gasteiger partial charge in [0.05, 0.1) is 14.2 Å². The zero-order valence-corrected chi connectivity index (χ0v) is 8.44. The van der Waals surface area contributed by atoms with Crippen molar-refractivity contribution < 1.29 is 19.1 Å². The minimum absolute atomic E-state index is 0.333. The second-order valence-electron chi connectivity index (χ2n) is 2.68. The van der Waals surface area contributed by atoms with Crippen LogP contribution in [0, 0.1) is 0 Å². The second-order valence-corrected chi connectivity index (χ2v) is 2.68. The fraction of sp³-hybridized carbons (Fsp3) is 0.200. The zero-order chi connectivity index (χ0) is 11.3. The van der Waals surface area contributed by atoms with E-state index in [4.69, 9.17) is 4.74 Å². The summed E-state index contributed by atoms with van der Waals surface area (Å²) in [4.78, 5) is 22.2. The molecule has 1 aromatic carbocycles. The summed E-state index contributed by atoms with van der Waals surface area (Å²) in [6.45, 7) is 0. The van der Waals surface area contributed by atoms with Crippen molar-refractivity contribution in [2.75, 3.05) is 14.2 Å². The third-order valence-electron chi connectivity index (χ3n) is 1.73. The van der Waals surface area contributed by atoms with Crippen LogP contribution in [0.4, 0.5) is 4.79 Å². The Bertz CT molecular complexity index is 375. The van der Waals surface area contributed by atoms with Crippen LogP contribution >= 0.6 is 0 Å². The van der Waals surface area contributed by atoms with E-state index in [1.807, 2.05) is 5.32 Å². The number of carbonyl (C=O) groups is 2. The Balaban J connectivity index is 2.77. The van der Waals surface area contributed by atoms with Crippen LogP contribution in [-0.2, 0) is 4.74 Å². The van der Waals surface area contributed by atoms with Crippen LogP contribution < -0.4 is 10.1 Å². The number of nitrogens with one attached hydrogen (secondary N) is 1. The van der Waals surface area contributed by atoms with Crippen molar-refractivity contribution in [2.45, 2.75) is 0 Å². The number of carbonyl (C=O) groups excluding carboxylic acids is 2. The Morgan fingerprint density at radius 2 is 2.00 bits per heavy atom. The summed E-state index contributed by atoms with van der Waals surface area (Å²) in [6, 6.07) is 6.46. The van der Waals surface area contributed by atoms with Gasteiger partial charge in [0.25, 0.3) is 5.91 Å². The highest BCUT2D eigenvalue weighted by atomic mass is 16.5. The van der Waals surface area contributed by atoms with Crippen molar-refractivity contribution in [3.8, 4) is 5.75 Å². The van der Waals surface area contributed by atoms with E-state index < -0.39 is 12.0 Å². The third kappa shape index (κ3) is 2.98. The summed E-state index contributed by atoms with van der Waals surface area (Å²) in [6.07, 6.45) is -0.789. The van der Waals surface area contributed by atoms with Gasteiger partial charge in [-0.25, -0.2) is 4.79 Å². The zero-order valence-electron chi connectivity index (χ0n) is 8.44. The van der Waals surface area contributed by atoms with Gasteiger partial charge in [0.15, 0.2) is 0 Å². The molecular weight excluding hydrogens is 198 g/mol. The van der Waals surface area contributed by atoms with Gasteiger partial charge in [-0.1, -0.05) is 6.07 Å². The van der Waals surface area contributed by atoms with Crippen molar-refractivity contribution in [1.29, 1.82) is 0 Å². The van der Waals surface area contributed by atoms with Crippen LogP contribution in [0.3, 0.4) is 0 Å². The standard InChI is InChI=1S/C10H11NO4/c1-14-8-5-3-4-7(6-8)9(12)11-10(13)15-2/h3-6H,1-2H3,(H,11,12,13). The molecule has 0 radical (unpaired) electrons. The van der Waals surface area contributed by atoms with Gasteiger partial charge in [-0.2, -0.15) is 0 Å². The monoisotopic (exact) mass is 209 g/mol. The molecule has 0 unspecified atom stereocenters. The maximum Gasteiger partial charge on any atom is 0.413 e. The summed E-state index contributed by atoms with van der Waals surface area (Å²) < 4.78 is 9.24. The van der Waals surface area contributed by atoms with Crippen molar-refractivity contribution in [1.82, 2.24) is 5.32 Å². The van der Waals surface area contributed by atoms with Crippen LogP contribution in [0.15, 0.2) is 24.3 Å². The van der Waals surface area contributed by atoms with Gasteiger partial charge in [-0.05, 0) is 18.2 Å². The third-order valence-corrected chi connectivity index (χ3v) is 1.73. The first-order valence-corrected chi connectivity index (χ1v) is 4.20. The molecule has 15 heavy (non-hydrogen) atoms. The van der Waals surface area contributed by atoms with E-state index in [1.54, 1.807) is 18.2 Å². The first-order chi connectivity index (χ1) is 7.17.